The van der Waals surface area contributed by atoms with Gasteiger partial charge in [0.2, 0.25) is 5.91 Å². The van der Waals surface area contributed by atoms with Gasteiger partial charge in [-0.1, -0.05) is 6.07 Å². The number of hydrogen-bond donors (Lipinski definition) is 1. The molecule has 3 aromatic rings. The van der Waals surface area contributed by atoms with Crippen molar-refractivity contribution in [3.8, 4) is 23.0 Å². The Bertz CT molecular complexity index is 1330. The van der Waals surface area contributed by atoms with E-state index in [1.165, 1.54) is 26.2 Å². The summed E-state index contributed by atoms with van der Waals surface area (Å²) >= 11 is 0. The number of anilines is 2. The lowest BCUT2D eigenvalue weighted by molar-refractivity contribution is -0.124. The molecule has 1 heterocycles. The molecule has 0 unspecified atom stereocenters. The van der Waals surface area contributed by atoms with Crippen LogP contribution in [0.4, 0.5) is 16.2 Å². The first-order chi connectivity index (χ1) is 18.9. The summed E-state index contributed by atoms with van der Waals surface area (Å²) in [6.45, 7) is 2.50. The standard InChI is InChI=1S/C29H31N3O7/c1-5-39-23-11-7-20(8-12-23)30-27(33)17-24-28(34)32(21-9-13-22(36-2)14-10-21)29(35)31(24)18-19-6-15-25(37-3)26(16-19)38-4/h6-16,24H,5,17-18H2,1-4H3,(H,30,33)/t24-/m1/s1. The van der Waals surface area contributed by atoms with Gasteiger partial charge in [-0.05, 0) is 73.2 Å². The summed E-state index contributed by atoms with van der Waals surface area (Å²) in [6.07, 6.45) is -0.224. The van der Waals surface area contributed by atoms with Gasteiger partial charge >= 0.3 is 6.03 Å². The predicted octanol–water partition coefficient (Wildman–Crippen LogP) is 4.48. The van der Waals surface area contributed by atoms with Crippen molar-refractivity contribution in [2.24, 2.45) is 0 Å². The van der Waals surface area contributed by atoms with E-state index < -0.39 is 23.9 Å². The molecule has 1 aliphatic rings. The number of benzene rings is 3. The van der Waals surface area contributed by atoms with Gasteiger partial charge in [-0.3, -0.25) is 9.59 Å². The van der Waals surface area contributed by atoms with E-state index in [9.17, 15) is 14.4 Å². The average molecular weight is 534 g/mol. The molecule has 10 heteroatoms. The summed E-state index contributed by atoms with van der Waals surface area (Å²) in [6, 6.07) is 17.2. The summed E-state index contributed by atoms with van der Waals surface area (Å²) in [7, 11) is 4.59. The molecule has 3 aromatic carbocycles. The number of ether oxygens (including phenoxy) is 4. The number of carbonyl (C=O) groups is 3. The van der Waals surface area contributed by atoms with Gasteiger partial charge in [-0.25, -0.2) is 9.69 Å². The van der Waals surface area contributed by atoms with E-state index in [1.54, 1.807) is 66.7 Å². The minimum absolute atomic E-state index is 0.0819. The SMILES string of the molecule is CCOc1ccc(NC(=O)C[C@@H]2C(=O)N(c3ccc(OC)cc3)C(=O)N2Cc2ccc(OC)c(OC)c2)cc1. The summed E-state index contributed by atoms with van der Waals surface area (Å²) in [5.41, 5.74) is 1.65. The maximum absolute atomic E-state index is 13.6. The first-order valence-electron chi connectivity index (χ1n) is 12.4. The largest absolute Gasteiger partial charge is 0.497 e. The Balaban J connectivity index is 1.59. The van der Waals surface area contributed by atoms with Gasteiger partial charge in [0.15, 0.2) is 11.5 Å². The van der Waals surface area contributed by atoms with Crippen molar-refractivity contribution < 1.29 is 33.3 Å². The van der Waals surface area contributed by atoms with Crippen LogP contribution in [-0.4, -0.2) is 56.7 Å². The minimum atomic E-state index is -1.02. The topological polar surface area (TPSA) is 107 Å². The van der Waals surface area contributed by atoms with Gasteiger partial charge in [-0.15, -0.1) is 0 Å². The highest BCUT2D eigenvalue weighted by molar-refractivity contribution is 6.22. The van der Waals surface area contributed by atoms with E-state index in [1.807, 2.05) is 6.92 Å². The number of imide groups is 1. The van der Waals surface area contributed by atoms with Crippen LogP contribution in [-0.2, 0) is 16.1 Å². The normalized spacial score (nSPS) is 14.8. The number of hydrogen-bond acceptors (Lipinski definition) is 7. The van der Waals surface area contributed by atoms with E-state index >= 15 is 0 Å². The smallest absolute Gasteiger partial charge is 0.332 e. The number of carbonyl (C=O) groups excluding carboxylic acids is 3. The van der Waals surface area contributed by atoms with Crippen LogP contribution in [0.1, 0.15) is 18.9 Å². The summed E-state index contributed by atoms with van der Waals surface area (Å²) < 4.78 is 21.3. The fourth-order valence-electron chi connectivity index (χ4n) is 4.35. The minimum Gasteiger partial charge on any atom is -0.497 e. The highest BCUT2D eigenvalue weighted by Crippen LogP contribution is 2.32. The third-order valence-corrected chi connectivity index (χ3v) is 6.28. The first-order valence-corrected chi connectivity index (χ1v) is 12.4. The molecule has 1 aliphatic heterocycles. The van der Waals surface area contributed by atoms with Crippen LogP contribution < -0.4 is 29.2 Å². The van der Waals surface area contributed by atoms with Crippen molar-refractivity contribution in [2.75, 3.05) is 38.2 Å². The van der Waals surface area contributed by atoms with Crippen LogP contribution in [0.25, 0.3) is 0 Å². The second-order valence-electron chi connectivity index (χ2n) is 8.70. The van der Waals surface area contributed by atoms with E-state index in [4.69, 9.17) is 18.9 Å². The van der Waals surface area contributed by atoms with Crippen molar-refractivity contribution in [1.29, 1.82) is 0 Å². The zero-order valence-electron chi connectivity index (χ0n) is 22.3. The molecule has 0 aromatic heterocycles. The van der Waals surface area contributed by atoms with E-state index in [2.05, 4.69) is 5.32 Å². The Hall–Kier alpha value is -4.73. The molecule has 1 atom stereocenters. The Morgan fingerprint density at radius 2 is 1.51 bits per heavy atom. The second kappa shape index (κ2) is 12.2. The summed E-state index contributed by atoms with van der Waals surface area (Å²) in [4.78, 5) is 42.7. The Kier molecular flexibility index (Phi) is 8.55. The molecule has 4 amide bonds. The lowest BCUT2D eigenvalue weighted by Crippen LogP contribution is -2.37. The average Bonchev–Trinajstić information content (AvgIpc) is 3.17. The fraction of sp³-hybridized carbons (Fsp3) is 0.276. The number of nitrogens with zero attached hydrogens (tertiary/aromatic N) is 2. The fourth-order valence-corrected chi connectivity index (χ4v) is 4.35. The van der Waals surface area contributed by atoms with Gasteiger partial charge in [0.1, 0.15) is 17.5 Å². The molecule has 0 bridgehead atoms. The maximum Gasteiger partial charge on any atom is 0.332 e. The Morgan fingerprint density at radius 3 is 2.13 bits per heavy atom. The van der Waals surface area contributed by atoms with Crippen LogP contribution in [0.5, 0.6) is 23.0 Å². The van der Waals surface area contributed by atoms with Crippen molar-refractivity contribution in [2.45, 2.75) is 25.9 Å². The Morgan fingerprint density at radius 1 is 0.846 bits per heavy atom. The van der Waals surface area contributed by atoms with Crippen LogP contribution in [0.3, 0.4) is 0 Å². The number of rotatable bonds is 11. The van der Waals surface area contributed by atoms with E-state index in [0.29, 0.717) is 46.5 Å². The lowest BCUT2D eigenvalue weighted by atomic mass is 10.1. The van der Waals surface area contributed by atoms with Crippen molar-refractivity contribution in [3.63, 3.8) is 0 Å². The third kappa shape index (κ3) is 6.06. The van der Waals surface area contributed by atoms with Gasteiger partial charge in [0, 0.05) is 12.2 Å². The van der Waals surface area contributed by atoms with E-state index in [0.717, 1.165) is 4.90 Å². The molecule has 1 saturated heterocycles. The van der Waals surface area contributed by atoms with Crippen LogP contribution in [0.2, 0.25) is 0 Å². The number of methoxy groups -OCH3 is 3. The number of urea groups is 1. The van der Waals surface area contributed by atoms with Crippen molar-refractivity contribution >= 4 is 29.2 Å². The number of nitrogens with one attached hydrogen (secondary N) is 1. The lowest BCUT2D eigenvalue weighted by Gasteiger charge is -2.22. The second-order valence-corrected chi connectivity index (χ2v) is 8.70. The zero-order valence-corrected chi connectivity index (χ0v) is 22.3. The third-order valence-electron chi connectivity index (χ3n) is 6.28. The molecular weight excluding hydrogens is 502 g/mol. The van der Waals surface area contributed by atoms with Crippen LogP contribution in [0.15, 0.2) is 66.7 Å². The molecule has 4 rings (SSSR count). The molecule has 204 valence electrons. The Labute approximate surface area is 227 Å². The summed E-state index contributed by atoms with van der Waals surface area (Å²) in [5.74, 6) is 1.40. The molecule has 39 heavy (non-hydrogen) atoms. The molecule has 0 spiro atoms. The highest BCUT2D eigenvalue weighted by Gasteiger charge is 2.46. The zero-order chi connectivity index (χ0) is 27.9. The van der Waals surface area contributed by atoms with Gasteiger partial charge in [0.05, 0.1) is 40.0 Å². The summed E-state index contributed by atoms with van der Waals surface area (Å²) in [5, 5.41) is 2.80. The molecular formula is C29H31N3O7. The predicted molar refractivity (Wildman–Crippen MR) is 146 cm³/mol. The quantitative estimate of drug-likeness (QED) is 0.362. The highest BCUT2D eigenvalue weighted by atomic mass is 16.5. The molecule has 1 N–H and O–H groups in total. The monoisotopic (exact) mass is 533 g/mol. The molecule has 0 saturated carbocycles. The molecule has 0 aliphatic carbocycles. The van der Waals surface area contributed by atoms with E-state index in [-0.39, 0.29) is 13.0 Å². The number of amides is 4. The van der Waals surface area contributed by atoms with Gasteiger partial charge < -0.3 is 29.2 Å². The van der Waals surface area contributed by atoms with Gasteiger partial charge in [0.25, 0.3) is 5.91 Å². The first kappa shape index (κ1) is 27.3. The maximum atomic E-state index is 13.6. The van der Waals surface area contributed by atoms with Crippen LogP contribution >= 0.6 is 0 Å². The van der Waals surface area contributed by atoms with Crippen molar-refractivity contribution in [1.82, 2.24) is 4.90 Å². The van der Waals surface area contributed by atoms with Crippen LogP contribution in [0, 0.1) is 0 Å². The van der Waals surface area contributed by atoms with Gasteiger partial charge in [-0.2, -0.15) is 0 Å². The molecule has 10 nitrogen and oxygen atoms in total. The molecule has 1 fully saturated rings. The molecule has 0 radical (unpaired) electrons. The van der Waals surface area contributed by atoms with Crippen molar-refractivity contribution in [3.05, 3.63) is 72.3 Å².